The summed E-state index contributed by atoms with van der Waals surface area (Å²) in [6.45, 7) is 3.70. The largest absolute Gasteiger partial charge is 0.361 e. The third kappa shape index (κ3) is 4.53. The molecular weight excluding hydrogens is 386 g/mol. The van der Waals surface area contributed by atoms with Gasteiger partial charge in [0, 0.05) is 18.4 Å². The van der Waals surface area contributed by atoms with Crippen molar-refractivity contribution in [2.75, 3.05) is 0 Å². The van der Waals surface area contributed by atoms with Gasteiger partial charge in [-0.25, -0.2) is 0 Å². The van der Waals surface area contributed by atoms with Gasteiger partial charge >= 0.3 is 0 Å². The minimum Gasteiger partial charge on any atom is -0.361 e. The molecule has 0 spiro atoms. The van der Waals surface area contributed by atoms with Gasteiger partial charge in [0.05, 0.1) is 11.8 Å². The summed E-state index contributed by atoms with van der Waals surface area (Å²) in [5, 5.41) is 3.69. The number of carbonyl (C=O) groups is 2. The molecule has 0 aliphatic heterocycles. The van der Waals surface area contributed by atoms with E-state index in [-0.39, 0.29) is 24.4 Å². The standard InChI is InChI=1S/C27H23NO3/c1-18-12-13-20(14-22(18)16-27(30)25-17-28-31-19(25)2)15-26(29)24-11-7-6-10-23(24)21-8-4-3-5-9-21/h3-14,17H,15-16H2,1-2H3. The lowest BCUT2D eigenvalue weighted by atomic mass is 9.92. The van der Waals surface area contributed by atoms with Crippen LogP contribution in [-0.4, -0.2) is 16.7 Å². The fourth-order valence-corrected chi connectivity index (χ4v) is 3.74. The van der Waals surface area contributed by atoms with Crippen LogP contribution in [-0.2, 0) is 12.8 Å². The van der Waals surface area contributed by atoms with Crippen LogP contribution >= 0.6 is 0 Å². The van der Waals surface area contributed by atoms with Gasteiger partial charge < -0.3 is 4.52 Å². The molecule has 0 radical (unpaired) electrons. The van der Waals surface area contributed by atoms with Gasteiger partial charge in [-0.2, -0.15) is 0 Å². The number of nitrogens with zero attached hydrogens (tertiary/aromatic N) is 1. The van der Waals surface area contributed by atoms with E-state index >= 15 is 0 Å². The number of Topliss-reactive ketones (excluding diaryl/α,β-unsaturated/α-hetero) is 2. The average molecular weight is 409 g/mol. The monoisotopic (exact) mass is 409 g/mol. The number of hydrogen-bond donors (Lipinski definition) is 0. The fraction of sp³-hybridized carbons (Fsp3) is 0.148. The molecule has 4 rings (SSSR count). The Morgan fingerprint density at radius 1 is 0.806 bits per heavy atom. The quantitative estimate of drug-likeness (QED) is 0.362. The van der Waals surface area contributed by atoms with E-state index in [4.69, 9.17) is 4.52 Å². The fourth-order valence-electron chi connectivity index (χ4n) is 3.74. The van der Waals surface area contributed by atoms with Gasteiger partial charge in [0.15, 0.2) is 11.6 Å². The van der Waals surface area contributed by atoms with Gasteiger partial charge in [0.2, 0.25) is 0 Å². The van der Waals surface area contributed by atoms with Gasteiger partial charge in [0.1, 0.15) is 5.76 Å². The van der Waals surface area contributed by atoms with E-state index in [0.29, 0.717) is 16.9 Å². The SMILES string of the molecule is Cc1ccc(CC(=O)c2ccccc2-c2ccccc2)cc1CC(=O)c1cnoc1C. The molecule has 0 saturated heterocycles. The molecule has 1 heterocycles. The van der Waals surface area contributed by atoms with Gasteiger partial charge in [-0.15, -0.1) is 0 Å². The molecule has 4 aromatic rings. The molecular formula is C27H23NO3. The molecule has 0 saturated carbocycles. The Morgan fingerprint density at radius 3 is 2.26 bits per heavy atom. The highest BCUT2D eigenvalue weighted by Crippen LogP contribution is 2.25. The van der Waals surface area contributed by atoms with Gasteiger partial charge in [-0.05, 0) is 41.7 Å². The number of benzene rings is 3. The Hall–Kier alpha value is -3.79. The number of hydrogen-bond acceptors (Lipinski definition) is 4. The van der Waals surface area contributed by atoms with Crippen LogP contribution in [0, 0.1) is 13.8 Å². The predicted octanol–water partition coefficient (Wildman–Crippen LogP) is 5.81. The third-order valence-electron chi connectivity index (χ3n) is 5.49. The minimum absolute atomic E-state index is 0.0419. The van der Waals surface area contributed by atoms with Crippen molar-refractivity contribution in [3.05, 3.63) is 113 Å². The summed E-state index contributed by atoms with van der Waals surface area (Å²) >= 11 is 0. The molecule has 0 aliphatic carbocycles. The van der Waals surface area contributed by atoms with Crippen molar-refractivity contribution < 1.29 is 14.1 Å². The normalized spacial score (nSPS) is 10.8. The molecule has 4 heteroatoms. The Kier molecular flexibility index (Phi) is 5.89. The lowest BCUT2D eigenvalue weighted by Crippen LogP contribution is -2.08. The highest BCUT2D eigenvalue weighted by Gasteiger charge is 2.17. The van der Waals surface area contributed by atoms with Crippen molar-refractivity contribution in [2.45, 2.75) is 26.7 Å². The van der Waals surface area contributed by atoms with Crippen LogP contribution in [0.4, 0.5) is 0 Å². The lowest BCUT2D eigenvalue weighted by Gasteiger charge is -2.11. The van der Waals surface area contributed by atoms with E-state index in [1.54, 1.807) is 6.92 Å². The highest BCUT2D eigenvalue weighted by molar-refractivity contribution is 6.03. The Bertz CT molecular complexity index is 1240. The first-order valence-electron chi connectivity index (χ1n) is 10.2. The summed E-state index contributed by atoms with van der Waals surface area (Å²) < 4.78 is 5.01. The maximum absolute atomic E-state index is 13.2. The van der Waals surface area contributed by atoms with Crippen molar-refractivity contribution in [3.63, 3.8) is 0 Å². The van der Waals surface area contributed by atoms with Crippen molar-refractivity contribution in [3.8, 4) is 11.1 Å². The Morgan fingerprint density at radius 2 is 1.52 bits per heavy atom. The number of rotatable bonds is 7. The molecule has 0 N–H and O–H groups in total. The summed E-state index contributed by atoms with van der Waals surface area (Å²) in [7, 11) is 0. The first kappa shape index (κ1) is 20.5. The molecule has 154 valence electrons. The van der Waals surface area contributed by atoms with Crippen LogP contribution in [0.25, 0.3) is 11.1 Å². The summed E-state index contributed by atoms with van der Waals surface area (Å²) in [5.41, 5.74) is 5.97. The highest BCUT2D eigenvalue weighted by atomic mass is 16.5. The molecule has 0 aliphatic rings. The second-order valence-electron chi connectivity index (χ2n) is 7.67. The molecule has 3 aromatic carbocycles. The molecule has 0 amide bonds. The van der Waals surface area contributed by atoms with Crippen LogP contribution < -0.4 is 0 Å². The smallest absolute Gasteiger partial charge is 0.172 e. The maximum Gasteiger partial charge on any atom is 0.172 e. The number of aryl methyl sites for hydroxylation is 2. The van der Waals surface area contributed by atoms with E-state index < -0.39 is 0 Å². The Balaban J connectivity index is 1.57. The van der Waals surface area contributed by atoms with Gasteiger partial charge in [-0.1, -0.05) is 78.0 Å². The molecule has 0 fully saturated rings. The van der Waals surface area contributed by atoms with Crippen LogP contribution in [0.15, 0.2) is 83.5 Å². The molecule has 1 aromatic heterocycles. The topological polar surface area (TPSA) is 60.2 Å². The average Bonchev–Trinajstić information content (AvgIpc) is 3.22. The zero-order valence-electron chi connectivity index (χ0n) is 17.6. The number of carbonyl (C=O) groups excluding carboxylic acids is 2. The first-order valence-corrected chi connectivity index (χ1v) is 10.2. The van der Waals surface area contributed by atoms with Crippen LogP contribution in [0.2, 0.25) is 0 Å². The summed E-state index contributed by atoms with van der Waals surface area (Å²) in [5.74, 6) is 0.529. The molecule has 4 nitrogen and oxygen atoms in total. The summed E-state index contributed by atoms with van der Waals surface area (Å²) in [6, 6.07) is 23.5. The number of aromatic nitrogens is 1. The van der Waals surface area contributed by atoms with Gasteiger partial charge in [-0.3, -0.25) is 9.59 Å². The lowest BCUT2D eigenvalue weighted by molar-refractivity contribution is 0.0985. The summed E-state index contributed by atoms with van der Waals surface area (Å²) in [6.07, 6.45) is 1.98. The molecule has 0 atom stereocenters. The second kappa shape index (κ2) is 8.92. The zero-order valence-corrected chi connectivity index (χ0v) is 17.6. The van der Waals surface area contributed by atoms with E-state index in [9.17, 15) is 9.59 Å². The minimum atomic E-state index is -0.0419. The maximum atomic E-state index is 13.2. The van der Waals surface area contributed by atoms with Crippen molar-refractivity contribution >= 4 is 11.6 Å². The van der Waals surface area contributed by atoms with E-state index in [1.165, 1.54) is 6.20 Å². The van der Waals surface area contributed by atoms with Gasteiger partial charge in [0.25, 0.3) is 0 Å². The zero-order chi connectivity index (χ0) is 21.8. The van der Waals surface area contributed by atoms with Crippen molar-refractivity contribution in [1.29, 1.82) is 0 Å². The van der Waals surface area contributed by atoms with Crippen molar-refractivity contribution in [1.82, 2.24) is 5.16 Å². The van der Waals surface area contributed by atoms with E-state index in [1.807, 2.05) is 79.7 Å². The summed E-state index contributed by atoms with van der Waals surface area (Å²) in [4.78, 5) is 25.8. The van der Waals surface area contributed by atoms with Crippen molar-refractivity contribution in [2.24, 2.45) is 0 Å². The van der Waals surface area contributed by atoms with E-state index in [0.717, 1.165) is 27.8 Å². The second-order valence-corrected chi connectivity index (χ2v) is 7.67. The third-order valence-corrected chi connectivity index (χ3v) is 5.49. The van der Waals surface area contributed by atoms with Crippen LogP contribution in [0.5, 0.6) is 0 Å². The Labute approximate surface area is 181 Å². The molecule has 0 unspecified atom stereocenters. The first-order chi connectivity index (χ1) is 15.0. The van der Waals surface area contributed by atoms with E-state index in [2.05, 4.69) is 5.16 Å². The van der Waals surface area contributed by atoms with Crippen LogP contribution in [0.3, 0.4) is 0 Å². The molecule has 31 heavy (non-hydrogen) atoms. The van der Waals surface area contributed by atoms with Crippen LogP contribution in [0.1, 0.15) is 43.2 Å². The molecule has 0 bridgehead atoms. The predicted molar refractivity (Wildman–Crippen MR) is 120 cm³/mol. The number of ketones is 2.